The van der Waals surface area contributed by atoms with Gasteiger partial charge in [-0.05, 0) is 48.7 Å². The van der Waals surface area contributed by atoms with Crippen molar-refractivity contribution >= 4 is 23.2 Å². The largest absolute Gasteiger partial charge is 0.489 e. The summed E-state index contributed by atoms with van der Waals surface area (Å²) >= 11 is 1.35. The van der Waals surface area contributed by atoms with Gasteiger partial charge < -0.3 is 9.15 Å². The van der Waals surface area contributed by atoms with Gasteiger partial charge in [0.15, 0.2) is 5.76 Å². The fourth-order valence-electron chi connectivity index (χ4n) is 2.52. The summed E-state index contributed by atoms with van der Waals surface area (Å²) in [7, 11) is 0. The average Bonchev–Trinajstić information content (AvgIpc) is 3.40. The van der Waals surface area contributed by atoms with Crippen molar-refractivity contribution in [1.29, 1.82) is 0 Å². The van der Waals surface area contributed by atoms with Crippen molar-refractivity contribution in [2.45, 2.75) is 13.5 Å². The molecule has 0 spiro atoms. The number of anilines is 1. The summed E-state index contributed by atoms with van der Waals surface area (Å²) in [6.45, 7) is 2.43. The smallest absolute Gasteiger partial charge is 0.268 e. The molecule has 0 unspecified atom stereocenters. The number of aromatic nitrogens is 2. The minimum absolute atomic E-state index is 0.227. The van der Waals surface area contributed by atoms with Gasteiger partial charge in [-0.25, -0.2) is 9.97 Å². The third-order valence-electron chi connectivity index (χ3n) is 3.96. The molecule has 1 aromatic carbocycles. The summed E-state index contributed by atoms with van der Waals surface area (Å²) in [5.74, 6) is 1.38. The Balaban J connectivity index is 1.39. The van der Waals surface area contributed by atoms with Crippen LogP contribution in [0.2, 0.25) is 0 Å². The summed E-state index contributed by atoms with van der Waals surface area (Å²) in [6.07, 6.45) is 3.15. The van der Waals surface area contributed by atoms with E-state index in [1.807, 2.05) is 42.6 Å². The van der Waals surface area contributed by atoms with Crippen LogP contribution in [0.25, 0.3) is 11.5 Å². The maximum Gasteiger partial charge on any atom is 0.268 e. The summed E-state index contributed by atoms with van der Waals surface area (Å²) in [4.78, 5) is 21.5. The van der Waals surface area contributed by atoms with E-state index in [2.05, 4.69) is 15.3 Å². The average molecular weight is 391 g/mol. The zero-order valence-corrected chi connectivity index (χ0v) is 15.9. The van der Waals surface area contributed by atoms with E-state index in [9.17, 15) is 4.79 Å². The summed E-state index contributed by atoms with van der Waals surface area (Å²) in [5.41, 5.74) is 2.72. The van der Waals surface area contributed by atoms with Crippen LogP contribution >= 0.6 is 11.3 Å². The van der Waals surface area contributed by atoms with Gasteiger partial charge in [0.25, 0.3) is 5.91 Å². The molecule has 28 heavy (non-hydrogen) atoms. The van der Waals surface area contributed by atoms with Crippen molar-refractivity contribution in [3.05, 3.63) is 82.4 Å². The predicted octanol–water partition coefficient (Wildman–Crippen LogP) is 4.94. The standard InChI is InChI=1S/C21H17N3O3S/c1-14-4-6-16(7-5-14)27-12-15-11-19(28-13-15)20(25)24-21-22-9-8-17(23-21)18-3-2-10-26-18/h2-11,13H,12H2,1H3,(H,22,23,24,25). The molecule has 0 saturated heterocycles. The maximum atomic E-state index is 12.5. The number of rotatable bonds is 6. The van der Waals surface area contributed by atoms with Crippen LogP contribution in [-0.4, -0.2) is 15.9 Å². The zero-order chi connectivity index (χ0) is 19.3. The van der Waals surface area contributed by atoms with Crippen LogP contribution in [0, 0.1) is 6.92 Å². The molecule has 0 aliphatic rings. The molecule has 0 bridgehead atoms. The Kier molecular flexibility index (Phi) is 5.16. The lowest BCUT2D eigenvalue weighted by molar-refractivity contribution is 0.102. The Morgan fingerprint density at radius 2 is 2.07 bits per heavy atom. The van der Waals surface area contributed by atoms with Crippen LogP contribution in [-0.2, 0) is 6.61 Å². The molecule has 0 aliphatic carbocycles. The number of ether oxygens (including phenoxy) is 1. The first-order valence-corrected chi connectivity index (χ1v) is 9.50. The molecule has 3 aromatic heterocycles. The van der Waals surface area contributed by atoms with Gasteiger partial charge in [0, 0.05) is 11.8 Å². The molecule has 4 aromatic rings. The number of hydrogen-bond donors (Lipinski definition) is 1. The molecule has 1 amide bonds. The Hall–Kier alpha value is -3.45. The molecular formula is C21H17N3O3S. The molecule has 0 saturated carbocycles. The first-order chi connectivity index (χ1) is 13.7. The van der Waals surface area contributed by atoms with E-state index < -0.39 is 0 Å². The van der Waals surface area contributed by atoms with Crippen LogP contribution in [0.4, 0.5) is 5.95 Å². The topological polar surface area (TPSA) is 77.2 Å². The van der Waals surface area contributed by atoms with Gasteiger partial charge in [-0.3, -0.25) is 10.1 Å². The lowest BCUT2D eigenvalue weighted by Crippen LogP contribution is -2.13. The molecule has 0 fully saturated rings. The molecule has 0 atom stereocenters. The molecule has 140 valence electrons. The van der Waals surface area contributed by atoms with Crippen LogP contribution in [0.5, 0.6) is 5.75 Å². The number of amides is 1. The molecular weight excluding hydrogens is 374 g/mol. The monoisotopic (exact) mass is 391 g/mol. The van der Waals surface area contributed by atoms with Crippen LogP contribution < -0.4 is 10.1 Å². The zero-order valence-electron chi connectivity index (χ0n) is 15.1. The van der Waals surface area contributed by atoms with Crippen molar-refractivity contribution in [3.63, 3.8) is 0 Å². The number of carbonyl (C=O) groups excluding carboxylic acids is 1. The minimum atomic E-state index is -0.261. The van der Waals surface area contributed by atoms with Crippen molar-refractivity contribution in [3.8, 4) is 17.2 Å². The molecule has 0 aliphatic heterocycles. The van der Waals surface area contributed by atoms with Gasteiger partial charge >= 0.3 is 0 Å². The Bertz CT molecular complexity index is 1070. The van der Waals surface area contributed by atoms with Gasteiger partial charge in [0.05, 0.1) is 11.1 Å². The number of furan rings is 1. The first kappa shape index (κ1) is 17.9. The lowest BCUT2D eigenvalue weighted by Gasteiger charge is -2.05. The second-order valence-electron chi connectivity index (χ2n) is 6.12. The highest BCUT2D eigenvalue weighted by Crippen LogP contribution is 2.21. The second kappa shape index (κ2) is 8.06. The normalized spacial score (nSPS) is 10.6. The third kappa shape index (κ3) is 4.27. The van der Waals surface area contributed by atoms with Crippen LogP contribution in [0.1, 0.15) is 20.8 Å². The van der Waals surface area contributed by atoms with E-state index in [0.717, 1.165) is 11.3 Å². The van der Waals surface area contributed by atoms with Crippen molar-refractivity contribution in [2.24, 2.45) is 0 Å². The molecule has 4 rings (SSSR count). The van der Waals surface area contributed by atoms with E-state index >= 15 is 0 Å². The SMILES string of the molecule is Cc1ccc(OCc2csc(C(=O)Nc3nccc(-c4ccco4)n3)c2)cc1. The van der Waals surface area contributed by atoms with E-state index in [4.69, 9.17) is 9.15 Å². The quantitative estimate of drug-likeness (QED) is 0.504. The predicted molar refractivity (Wildman–Crippen MR) is 108 cm³/mol. The molecule has 7 heteroatoms. The molecule has 0 radical (unpaired) electrons. The van der Waals surface area contributed by atoms with E-state index in [-0.39, 0.29) is 11.9 Å². The third-order valence-corrected chi connectivity index (χ3v) is 4.94. The highest BCUT2D eigenvalue weighted by molar-refractivity contribution is 7.12. The van der Waals surface area contributed by atoms with Gasteiger partial charge in [0.1, 0.15) is 18.1 Å². The number of hydrogen-bond acceptors (Lipinski definition) is 6. The van der Waals surface area contributed by atoms with Gasteiger partial charge in [0.2, 0.25) is 5.95 Å². The van der Waals surface area contributed by atoms with Crippen molar-refractivity contribution in [2.75, 3.05) is 5.32 Å². The number of carbonyl (C=O) groups is 1. The summed E-state index contributed by atoms with van der Waals surface area (Å²) in [5, 5.41) is 4.63. The molecule has 3 heterocycles. The fraction of sp³-hybridized carbons (Fsp3) is 0.0952. The summed E-state index contributed by atoms with van der Waals surface area (Å²) in [6, 6.07) is 15.0. The van der Waals surface area contributed by atoms with E-state index in [1.54, 1.807) is 30.7 Å². The maximum absolute atomic E-state index is 12.5. The number of benzene rings is 1. The van der Waals surface area contributed by atoms with Gasteiger partial charge in [-0.1, -0.05) is 17.7 Å². The Morgan fingerprint density at radius 3 is 2.86 bits per heavy atom. The Labute approximate surface area is 165 Å². The van der Waals surface area contributed by atoms with E-state index in [0.29, 0.717) is 22.9 Å². The number of thiophene rings is 1. The van der Waals surface area contributed by atoms with Crippen LogP contribution in [0.3, 0.4) is 0 Å². The van der Waals surface area contributed by atoms with Gasteiger partial charge in [-0.15, -0.1) is 11.3 Å². The number of nitrogens with zero attached hydrogens (tertiary/aromatic N) is 2. The lowest BCUT2D eigenvalue weighted by atomic mass is 10.2. The second-order valence-corrected chi connectivity index (χ2v) is 7.03. The van der Waals surface area contributed by atoms with Crippen LogP contribution in [0.15, 0.2) is 70.8 Å². The number of nitrogens with one attached hydrogen (secondary N) is 1. The fourth-order valence-corrected chi connectivity index (χ4v) is 3.31. The molecule has 6 nitrogen and oxygen atoms in total. The van der Waals surface area contributed by atoms with Crippen molar-refractivity contribution < 1.29 is 13.9 Å². The highest BCUT2D eigenvalue weighted by atomic mass is 32.1. The summed E-state index contributed by atoms with van der Waals surface area (Å²) < 4.78 is 11.1. The van der Waals surface area contributed by atoms with Crippen molar-refractivity contribution in [1.82, 2.24) is 9.97 Å². The number of aryl methyl sites for hydroxylation is 1. The highest BCUT2D eigenvalue weighted by Gasteiger charge is 2.12. The first-order valence-electron chi connectivity index (χ1n) is 8.62. The van der Waals surface area contributed by atoms with Gasteiger partial charge in [-0.2, -0.15) is 0 Å². The Morgan fingerprint density at radius 1 is 1.21 bits per heavy atom. The van der Waals surface area contributed by atoms with E-state index in [1.165, 1.54) is 16.9 Å². The minimum Gasteiger partial charge on any atom is -0.489 e. The molecule has 1 N–H and O–H groups in total.